The summed E-state index contributed by atoms with van der Waals surface area (Å²) in [5.41, 5.74) is 8.29. The summed E-state index contributed by atoms with van der Waals surface area (Å²) >= 11 is 0. The second kappa shape index (κ2) is 12.9. The first kappa shape index (κ1) is 31.6. The molecule has 1 atom stereocenters. The molecule has 0 saturated heterocycles. The van der Waals surface area contributed by atoms with Crippen molar-refractivity contribution >= 4 is 65.4 Å². The molecule has 7 aromatic carbocycles. The van der Waals surface area contributed by atoms with Crippen molar-refractivity contribution in [2.75, 3.05) is 0 Å². The van der Waals surface area contributed by atoms with Crippen LogP contribution >= 0.6 is 0 Å². The van der Waals surface area contributed by atoms with Crippen LogP contribution < -0.4 is 0 Å². The fourth-order valence-corrected chi connectivity index (χ4v) is 8.55. The molecule has 4 nitrogen and oxygen atoms in total. The van der Waals surface area contributed by atoms with Crippen LogP contribution in [0.5, 0.6) is 0 Å². The van der Waals surface area contributed by atoms with Gasteiger partial charge in [-0.05, 0) is 92.5 Å². The van der Waals surface area contributed by atoms with E-state index < -0.39 is 0 Å². The number of benzene rings is 7. The summed E-state index contributed by atoms with van der Waals surface area (Å²) in [4.78, 5) is 15.1. The first-order valence-corrected chi connectivity index (χ1v) is 19.1. The van der Waals surface area contributed by atoms with Gasteiger partial charge in [-0.1, -0.05) is 146 Å². The lowest BCUT2D eigenvalue weighted by Gasteiger charge is -2.19. The van der Waals surface area contributed by atoms with Gasteiger partial charge in [-0.2, -0.15) is 0 Å². The Balaban J connectivity index is 0.971. The molecule has 0 aliphatic heterocycles. The Morgan fingerprint density at radius 1 is 0.473 bits per heavy atom. The van der Waals surface area contributed by atoms with Gasteiger partial charge in [0.05, 0.1) is 0 Å². The number of fused-ring (bicyclic) bond motifs is 9. The summed E-state index contributed by atoms with van der Waals surface area (Å²) in [6, 6.07) is 47.5. The second-order valence-electron chi connectivity index (χ2n) is 14.6. The minimum Gasteiger partial charge on any atom is -0.456 e. The monoisotopic (exact) mass is 705 g/mol. The molecule has 0 radical (unpaired) electrons. The molecule has 0 fully saturated rings. The Morgan fingerprint density at radius 2 is 1.20 bits per heavy atom. The first-order valence-electron chi connectivity index (χ1n) is 19.1. The number of nitrogens with zero attached hydrogens (tertiary/aromatic N) is 3. The quantitative estimate of drug-likeness (QED) is 0.167. The van der Waals surface area contributed by atoms with Crippen LogP contribution in [0.2, 0.25) is 0 Å². The highest BCUT2D eigenvalue weighted by Crippen LogP contribution is 2.41. The largest absolute Gasteiger partial charge is 0.456 e. The lowest BCUT2D eigenvalue weighted by molar-refractivity contribution is 0.669. The Labute approximate surface area is 318 Å². The highest BCUT2D eigenvalue weighted by molar-refractivity contribution is 6.25. The summed E-state index contributed by atoms with van der Waals surface area (Å²) in [6.45, 7) is 0. The maximum Gasteiger partial charge on any atom is 0.164 e. The van der Waals surface area contributed by atoms with Crippen LogP contribution in [0.1, 0.15) is 42.1 Å². The molecule has 2 heterocycles. The third-order valence-electron chi connectivity index (χ3n) is 11.3. The van der Waals surface area contributed by atoms with Crippen LogP contribution in [0.4, 0.5) is 0 Å². The van der Waals surface area contributed by atoms with Crippen molar-refractivity contribution in [2.24, 2.45) is 0 Å². The molecule has 1 unspecified atom stereocenters. The van der Waals surface area contributed by atoms with E-state index in [1.165, 1.54) is 43.5 Å². The van der Waals surface area contributed by atoms with Crippen LogP contribution in [-0.4, -0.2) is 15.0 Å². The molecule has 260 valence electrons. The second-order valence-corrected chi connectivity index (χ2v) is 14.6. The van der Waals surface area contributed by atoms with Gasteiger partial charge >= 0.3 is 0 Å². The van der Waals surface area contributed by atoms with E-state index in [0.717, 1.165) is 63.5 Å². The first-order chi connectivity index (χ1) is 27.2. The molecule has 11 rings (SSSR count). The molecule has 4 heteroatoms. The molecule has 2 aliphatic rings. The van der Waals surface area contributed by atoms with Crippen molar-refractivity contribution in [2.45, 2.75) is 25.2 Å². The number of hydrogen-bond acceptors (Lipinski definition) is 4. The standard InChI is InChI=1S/C51H35N3O/c1-3-12-34(13-4-1)49-52-50(35-14-5-2-6-15-35)54-51(53-49)43-20-11-21-47-48(43)45-31-37(27-29-46(45)55-47)33-24-22-32(23-25-33)36-26-28-42-40-18-8-7-16-38(40)39-17-9-10-19-41(39)44(42)30-36/h1,3-5,7-22,24-32H,2,6,23H2. The minimum absolute atomic E-state index is 0.300. The molecular weight excluding hydrogens is 671 g/mol. The van der Waals surface area contributed by atoms with Gasteiger partial charge < -0.3 is 4.42 Å². The maximum absolute atomic E-state index is 6.45. The number of hydrogen-bond donors (Lipinski definition) is 0. The van der Waals surface area contributed by atoms with Crippen molar-refractivity contribution in [1.82, 2.24) is 15.0 Å². The summed E-state index contributed by atoms with van der Waals surface area (Å²) in [6.07, 6.45) is 16.5. The Bertz CT molecular complexity index is 3090. The molecule has 0 bridgehead atoms. The number of allylic oxidation sites excluding steroid dienone is 8. The fourth-order valence-electron chi connectivity index (χ4n) is 8.55. The molecule has 0 saturated carbocycles. The van der Waals surface area contributed by atoms with E-state index in [1.54, 1.807) is 0 Å². The van der Waals surface area contributed by atoms with E-state index in [0.29, 0.717) is 23.4 Å². The van der Waals surface area contributed by atoms with Crippen molar-refractivity contribution in [3.63, 3.8) is 0 Å². The lowest BCUT2D eigenvalue weighted by atomic mass is 9.85. The molecule has 9 aromatic rings. The molecular formula is C51H35N3O. The molecule has 2 aromatic heterocycles. The molecule has 55 heavy (non-hydrogen) atoms. The van der Waals surface area contributed by atoms with Crippen molar-refractivity contribution in [3.05, 3.63) is 187 Å². The van der Waals surface area contributed by atoms with Gasteiger partial charge in [0.15, 0.2) is 17.5 Å². The van der Waals surface area contributed by atoms with E-state index in [-0.39, 0.29) is 0 Å². The van der Waals surface area contributed by atoms with Crippen molar-refractivity contribution in [1.29, 1.82) is 0 Å². The van der Waals surface area contributed by atoms with E-state index in [1.807, 2.05) is 42.5 Å². The van der Waals surface area contributed by atoms with Crippen LogP contribution in [0.15, 0.2) is 174 Å². The fraction of sp³-hybridized carbons (Fsp3) is 0.0784. The zero-order valence-corrected chi connectivity index (χ0v) is 30.1. The minimum atomic E-state index is 0.300. The summed E-state index contributed by atoms with van der Waals surface area (Å²) in [5, 5.41) is 9.91. The summed E-state index contributed by atoms with van der Waals surface area (Å²) in [5.74, 6) is 2.28. The number of rotatable bonds is 5. The average molecular weight is 706 g/mol. The average Bonchev–Trinajstić information content (AvgIpc) is 3.65. The third-order valence-corrected chi connectivity index (χ3v) is 11.3. The van der Waals surface area contributed by atoms with E-state index >= 15 is 0 Å². The smallest absolute Gasteiger partial charge is 0.164 e. The van der Waals surface area contributed by atoms with Crippen LogP contribution in [0, 0.1) is 0 Å². The molecule has 0 N–H and O–H groups in total. The van der Waals surface area contributed by atoms with E-state index in [2.05, 4.69) is 127 Å². The van der Waals surface area contributed by atoms with E-state index in [9.17, 15) is 0 Å². The van der Waals surface area contributed by atoms with Gasteiger partial charge in [-0.3, -0.25) is 0 Å². The normalized spacial score (nSPS) is 15.7. The Hall–Kier alpha value is -6.91. The van der Waals surface area contributed by atoms with E-state index in [4.69, 9.17) is 19.4 Å². The predicted octanol–water partition coefficient (Wildman–Crippen LogP) is 13.4. The SMILES string of the molecule is C1=CC(c2nc(-c3ccccc3)nc(-c3cccc4oc5ccc(C6=CCC(c7ccc8c9ccccc9c9ccccc9c8c7)C=C6)cc5c34)n2)=CCC1. The van der Waals surface area contributed by atoms with Gasteiger partial charge in [0.2, 0.25) is 0 Å². The topological polar surface area (TPSA) is 51.8 Å². The highest BCUT2D eigenvalue weighted by Gasteiger charge is 2.20. The zero-order chi connectivity index (χ0) is 36.3. The third kappa shape index (κ3) is 5.41. The molecule has 2 aliphatic carbocycles. The maximum atomic E-state index is 6.45. The van der Waals surface area contributed by atoms with Gasteiger partial charge in [0.25, 0.3) is 0 Å². The van der Waals surface area contributed by atoms with Crippen molar-refractivity contribution in [3.8, 4) is 22.8 Å². The summed E-state index contributed by atoms with van der Waals surface area (Å²) in [7, 11) is 0. The van der Waals surface area contributed by atoms with Crippen molar-refractivity contribution < 1.29 is 4.42 Å². The highest BCUT2D eigenvalue weighted by atomic mass is 16.3. The Kier molecular flexibility index (Phi) is 7.41. The summed E-state index contributed by atoms with van der Waals surface area (Å²) < 4.78 is 6.45. The zero-order valence-electron chi connectivity index (χ0n) is 30.1. The Morgan fingerprint density at radius 3 is 1.95 bits per heavy atom. The molecule has 0 amide bonds. The van der Waals surface area contributed by atoms with Gasteiger partial charge in [-0.15, -0.1) is 0 Å². The number of furan rings is 1. The van der Waals surface area contributed by atoms with Crippen LogP contribution in [0.25, 0.3) is 88.2 Å². The molecule has 0 spiro atoms. The lowest BCUT2D eigenvalue weighted by Crippen LogP contribution is -2.03. The van der Waals surface area contributed by atoms with Gasteiger partial charge in [0, 0.05) is 33.4 Å². The van der Waals surface area contributed by atoms with Crippen LogP contribution in [-0.2, 0) is 0 Å². The van der Waals surface area contributed by atoms with Crippen LogP contribution in [0.3, 0.4) is 0 Å². The van der Waals surface area contributed by atoms with Gasteiger partial charge in [-0.25, -0.2) is 15.0 Å². The number of aromatic nitrogens is 3. The van der Waals surface area contributed by atoms with Gasteiger partial charge in [0.1, 0.15) is 11.2 Å². The predicted molar refractivity (Wildman–Crippen MR) is 228 cm³/mol.